The van der Waals surface area contributed by atoms with Crippen LogP contribution < -0.4 is 15.1 Å². The van der Waals surface area contributed by atoms with Crippen LogP contribution in [0.4, 0.5) is 17.2 Å². The summed E-state index contributed by atoms with van der Waals surface area (Å²) >= 11 is 0. The predicted octanol–water partition coefficient (Wildman–Crippen LogP) is 3.59. The molecule has 0 unspecified atom stereocenters. The summed E-state index contributed by atoms with van der Waals surface area (Å²) in [4.78, 5) is 21.3. The van der Waals surface area contributed by atoms with Crippen molar-refractivity contribution in [3.8, 4) is 0 Å². The van der Waals surface area contributed by atoms with Crippen molar-refractivity contribution in [3.05, 3.63) is 84.6 Å². The van der Waals surface area contributed by atoms with Gasteiger partial charge < -0.3 is 15.1 Å². The second-order valence-electron chi connectivity index (χ2n) is 6.92. The van der Waals surface area contributed by atoms with E-state index in [4.69, 9.17) is 0 Å². The number of hydrogen-bond acceptors (Lipinski definition) is 4. The van der Waals surface area contributed by atoms with Gasteiger partial charge in [-0.05, 0) is 42.0 Å². The molecule has 5 heteroatoms. The van der Waals surface area contributed by atoms with Gasteiger partial charge in [-0.2, -0.15) is 0 Å². The Labute approximate surface area is 165 Å². The van der Waals surface area contributed by atoms with Crippen LogP contribution >= 0.6 is 0 Å². The van der Waals surface area contributed by atoms with Gasteiger partial charge in [0.05, 0.1) is 6.42 Å². The first kappa shape index (κ1) is 18.0. The van der Waals surface area contributed by atoms with Gasteiger partial charge in [0, 0.05) is 43.8 Å². The molecular formula is C23H24N4O. The van der Waals surface area contributed by atoms with Crippen LogP contribution in [0.2, 0.25) is 0 Å². The number of carbonyl (C=O) groups excluding carboxylic acids is 1. The van der Waals surface area contributed by atoms with Crippen molar-refractivity contribution in [1.82, 2.24) is 4.98 Å². The maximum Gasteiger partial charge on any atom is 0.228 e. The van der Waals surface area contributed by atoms with Crippen LogP contribution in [0, 0.1) is 0 Å². The zero-order chi connectivity index (χ0) is 19.2. The minimum Gasteiger partial charge on any atom is -0.368 e. The number of nitrogens with zero attached hydrogens (tertiary/aromatic N) is 3. The molecule has 2 heterocycles. The molecule has 1 aliphatic rings. The normalized spacial score (nSPS) is 14.0. The topological polar surface area (TPSA) is 48.5 Å². The number of nitrogens with one attached hydrogen (secondary N) is 1. The molecule has 1 amide bonds. The monoisotopic (exact) mass is 372 g/mol. The molecule has 28 heavy (non-hydrogen) atoms. The molecule has 0 bridgehead atoms. The molecule has 0 saturated carbocycles. The number of piperazine rings is 1. The van der Waals surface area contributed by atoms with Crippen LogP contribution in [0.1, 0.15) is 5.56 Å². The SMILES string of the molecule is O=C(Cc1ccccc1)Nc1ccc(N2CCN(c3ccccn3)CC2)cc1. The first-order valence-corrected chi connectivity index (χ1v) is 9.63. The summed E-state index contributed by atoms with van der Waals surface area (Å²) in [6.07, 6.45) is 2.23. The van der Waals surface area contributed by atoms with E-state index in [-0.39, 0.29) is 5.91 Å². The molecular weight excluding hydrogens is 348 g/mol. The maximum absolute atomic E-state index is 12.2. The van der Waals surface area contributed by atoms with Crippen molar-refractivity contribution in [2.24, 2.45) is 0 Å². The van der Waals surface area contributed by atoms with E-state index in [0.29, 0.717) is 6.42 Å². The number of anilines is 3. The Morgan fingerprint density at radius 1 is 0.821 bits per heavy atom. The Morgan fingerprint density at radius 3 is 2.18 bits per heavy atom. The molecule has 0 radical (unpaired) electrons. The third-order valence-corrected chi connectivity index (χ3v) is 4.98. The van der Waals surface area contributed by atoms with Crippen LogP contribution in [0.25, 0.3) is 0 Å². The number of pyridine rings is 1. The van der Waals surface area contributed by atoms with Crippen molar-refractivity contribution in [1.29, 1.82) is 0 Å². The zero-order valence-corrected chi connectivity index (χ0v) is 15.8. The molecule has 0 atom stereocenters. The first-order chi connectivity index (χ1) is 13.8. The fraction of sp³-hybridized carbons (Fsp3) is 0.217. The molecule has 2 aromatic carbocycles. The molecule has 3 aromatic rings. The highest BCUT2D eigenvalue weighted by molar-refractivity contribution is 5.92. The van der Waals surface area contributed by atoms with Gasteiger partial charge >= 0.3 is 0 Å². The summed E-state index contributed by atoms with van der Waals surface area (Å²) in [5.74, 6) is 1.04. The van der Waals surface area contributed by atoms with Crippen molar-refractivity contribution >= 4 is 23.1 Å². The molecule has 5 nitrogen and oxygen atoms in total. The van der Waals surface area contributed by atoms with Crippen LogP contribution in [-0.4, -0.2) is 37.1 Å². The van der Waals surface area contributed by atoms with E-state index in [2.05, 4.69) is 38.3 Å². The maximum atomic E-state index is 12.2. The molecule has 1 aliphatic heterocycles. The van der Waals surface area contributed by atoms with Gasteiger partial charge in [-0.25, -0.2) is 4.98 Å². The lowest BCUT2D eigenvalue weighted by atomic mass is 10.1. The minimum absolute atomic E-state index is 0.00271. The molecule has 4 rings (SSSR count). The van der Waals surface area contributed by atoms with Crippen LogP contribution in [0.3, 0.4) is 0 Å². The predicted molar refractivity (Wildman–Crippen MR) is 114 cm³/mol. The summed E-state index contributed by atoms with van der Waals surface area (Å²) in [7, 11) is 0. The number of rotatable bonds is 5. The minimum atomic E-state index is 0.00271. The van der Waals surface area contributed by atoms with Crippen molar-refractivity contribution in [2.45, 2.75) is 6.42 Å². The Bertz CT molecular complexity index is 889. The second kappa shape index (κ2) is 8.57. The number of carbonyl (C=O) groups is 1. The van der Waals surface area contributed by atoms with E-state index < -0.39 is 0 Å². The highest BCUT2D eigenvalue weighted by Gasteiger charge is 2.18. The first-order valence-electron chi connectivity index (χ1n) is 9.63. The Morgan fingerprint density at radius 2 is 1.50 bits per heavy atom. The third-order valence-electron chi connectivity index (χ3n) is 4.98. The average molecular weight is 372 g/mol. The second-order valence-corrected chi connectivity index (χ2v) is 6.92. The van der Waals surface area contributed by atoms with Gasteiger partial charge in [-0.15, -0.1) is 0 Å². The molecule has 1 N–H and O–H groups in total. The molecule has 0 aliphatic carbocycles. The molecule has 142 valence electrons. The largest absolute Gasteiger partial charge is 0.368 e. The summed E-state index contributed by atoms with van der Waals surface area (Å²) < 4.78 is 0. The van der Waals surface area contributed by atoms with Crippen molar-refractivity contribution in [3.63, 3.8) is 0 Å². The van der Waals surface area contributed by atoms with Crippen molar-refractivity contribution in [2.75, 3.05) is 41.3 Å². The average Bonchev–Trinajstić information content (AvgIpc) is 2.76. The Kier molecular flexibility index (Phi) is 5.52. The highest BCUT2D eigenvalue weighted by atomic mass is 16.1. The Hall–Kier alpha value is -3.34. The van der Waals surface area contributed by atoms with Gasteiger partial charge in [0.25, 0.3) is 0 Å². The van der Waals surface area contributed by atoms with Gasteiger partial charge in [-0.3, -0.25) is 4.79 Å². The molecule has 1 saturated heterocycles. The summed E-state index contributed by atoms with van der Waals surface area (Å²) in [5, 5.41) is 2.98. The molecule has 0 spiro atoms. The standard InChI is InChI=1S/C23H24N4O/c28-23(18-19-6-2-1-3-7-19)25-20-9-11-21(12-10-20)26-14-16-27(17-15-26)22-8-4-5-13-24-22/h1-13H,14-18H2,(H,25,28). The van der Waals surface area contributed by atoms with Crippen LogP contribution in [-0.2, 0) is 11.2 Å². The van der Waals surface area contributed by atoms with Crippen molar-refractivity contribution < 1.29 is 4.79 Å². The summed E-state index contributed by atoms with van der Waals surface area (Å²) in [5.41, 5.74) is 3.03. The molecule has 1 fully saturated rings. The van der Waals surface area contributed by atoms with Gasteiger partial charge in [0.1, 0.15) is 5.82 Å². The Balaban J connectivity index is 1.31. The quantitative estimate of drug-likeness (QED) is 0.744. The zero-order valence-electron chi connectivity index (χ0n) is 15.8. The molecule has 1 aromatic heterocycles. The summed E-state index contributed by atoms with van der Waals surface area (Å²) in [6.45, 7) is 3.81. The van der Waals surface area contributed by atoms with E-state index in [1.807, 2.05) is 60.8 Å². The number of benzene rings is 2. The lowest BCUT2D eigenvalue weighted by molar-refractivity contribution is -0.115. The van der Waals surface area contributed by atoms with Crippen LogP contribution in [0.15, 0.2) is 79.0 Å². The summed E-state index contributed by atoms with van der Waals surface area (Å²) in [6, 6.07) is 23.9. The highest BCUT2D eigenvalue weighted by Crippen LogP contribution is 2.21. The van der Waals surface area contributed by atoms with Crippen LogP contribution in [0.5, 0.6) is 0 Å². The van der Waals surface area contributed by atoms with Gasteiger partial charge in [0.15, 0.2) is 0 Å². The van der Waals surface area contributed by atoms with E-state index >= 15 is 0 Å². The number of hydrogen-bond donors (Lipinski definition) is 1. The third kappa shape index (κ3) is 4.49. The fourth-order valence-corrected chi connectivity index (χ4v) is 3.48. The number of amides is 1. The lowest BCUT2D eigenvalue weighted by Crippen LogP contribution is -2.46. The van der Waals surface area contributed by atoms with E-state index in [1.54, 1.807) is 0 Å². The van der Waals surface area contributed by atoms with Gasteiger partial charge in [0.2, 0.25) is 5.91 Å². The number of aromatic nitrogens is 1. The van der Waals surface area contributed by atoms with Gasteiger partial charge in [-0.1, -0.05) is 36.4 Å². The van der Waals surface area contributed by atoms with E-state index in [0.717, 1.165) is 43.2 Å². The smallest absolute Gasteiger partial charge is 0.228 e. The van der Waals surface area contributed by atoms with E-state index in [9.17, 15) is 4.79 Å². The fourth-order valence-electron chi connectivity index (χ4n) is 3.48. The van der Waals surface area contributed by atoms with E-state index in [1.165, 1.54) is 5.69 Å². The lowest BCUT2D eigenvalue weighted by Gasteiger charge is -2.36.